The quantitative estimate of drug-likeness (QED) is 0.875. The van der Waals surface area contributed by atoms with Gasteiger partial charge in [-0.1, -0.05) is 18.2 Å². The third-order valence-electron chi connectivity index (χ3n) is 4.75. The highest BCUT2D eigenvalue weighted by Gasteiger charge is 2.42. The van der Waals surface area contributed by atoms with Crippen LogP contribution >= 0.6 is 11.3 Å². The fraction of sp³-hybridized carbons (Fsp3) is 0.438. The molecule has 1 spiro atoms. The van der Waals surface area contributed by atoms with Gasteiger partial charge in [-0.15, -0.1) is 11.3 Å². The lowest BCUT2D eigenvalue weighted by molar-refractivity contribution is -0.148. The largest absolute Gasteiger partial charge is 0.363 e. The van der Waals surface area contributed by atoms with E-state index >= 15 is 0 Å². The molecule has 2 aliphatic heterocycles. The number of hydrogen-bond acceptors (Lipinski definition) is 5. The molecule has 4 rings (SSSR count). The number of sulfonamides is 1. The van der Waals surface area contributed by atoms with Gasteiger partial charge in [-0.25, -0.2) is 8.42 Å². The Morgan fingerprint density at radius 3 is 2.62 bits per heavy atom. The fourth-order valence-corrected chi connectivity index (χ4v) is 6.24. The van der Waals surface area contributed by atoms with E-state index in [4.69, 9.17) is 4.74 Å². The molecule has 6 nitrogen and oxygen atoms in total. The van der Waals surface area contributed by atoms with E-state index in [0.717, 1.165) is 10.1 Å². The molecule has 1 aromatic heterocycles. The van der Waals surface area contributed by atoms with E-state index in [0.29, 0.717) is 36.7 Å². The molecule has 128 valence electrons. The van der Waals surface area contributed by atoms with Gasteiger partial charge in [-0.05, 0) is 30.4 Å². The van der Waals surface area contributed by atoms with Crippen molar-refractivity contribution in [3.05, 3.63) is 30.3 Å². The number of carbonyl (C=O) groups excluding carboxylic acids is 1. The molecule has 1 N–H and O–H groups in total. The van der Waals surface area contributed by atoms with E-state index in [1.54, 1.807) is 6.07 Å². The van der Waals surface area contributed by atoms with Crippen molar-refractivity contribution in [1.29, 1.82) is 0 Å². The van der Waals surface area contributed by atoms with Crippen LogP contribution in [0.4, 0.5) is 0 Å². The number of piperidine rings is 1. The maximum atomic E-state index is 12.9. The molecular formula is C16H18N2O4S2. The number of amides is 1. The van der Waals surface area contributed by atoms with Crippen LogP contribution in [0, 0.1) is 0 Å². The first-order valence-corrected chi connectivity index (χ1v) is 10.1. The lowest BCUT2D eigenvalue weighted by Crippen LogP contribution is -2.57. The van der Waals surface area contributed by atoms with Crippen molar-refractivity contribution in [2.24, 2.45) is 0 Å². The summed E-state index contributed by atoms with van der Waals surface area (Å²) < 4.78 is 34.4. The average molecular weight is 366 g/mol. The molecule has 0 radical (unpaired) electrons. The lowest BCUT2D eigenvalue weighted by atomic mass is 9.91. The molecule has 1 amide bonds. The molecule has 8 heteroatoms. The highest BCUT2D eigenvalue weighted by Crippen LogP contribution is 2.34. The third kappa shape index (κ3) is 2.73. The smallest absolute Gasteiger partial charge is 0.252 e. The summed E-state index contributed by atoms with van der Waals surface area (Å²) in [6.45, 7) is 1.34. The number of rotatable bonds is 2. The van der Waals surface area contributed by atoms with Gasteiger partial charge in [0.1, 0.15) is 10.8 Å². The molecule has 2 aromatic rings. The molecule has 1 aromatic carbocycles. The number of fused-ring (bicyclic) bond motifs is 1. The molecule has 2 aliphatic rings. The summed E-state index contributed by atoms with van der Waals surface area (Å²) in [7, 11) is -3.48. The summed E-state index contributed by atoms with van der Waals surface area (Å²) in [6.07, 6.45) is 1.19. The van der Waals surface area contributed by atoms with Gasteiger partial charge in [-0.2, -0.15) is 4.31 Å². The zero-order valence-electron chi connectivity index (χ0n) is 13.0. The van der Waals surface area contributed by atoms with Crippen molar-refractivity contribution >= 4 is 37.4 Å². The van der Waals surface area contributed by atoms with Gasteiger partial charge in [-0.3, -0.25) is 4.79 Å². The second kappa shape index (κ2) is 5.80. The standard InChI is InChI=1S/C16H18N2O4S2/c19-14-10-22-16(11-17-14)5-7-18(8-6-16)24(20,21)15-9-12-3-1-2-4-13(12)23-15/h1-4,9H,5-8,10-11H2,(H,17,19). The Kier molecular flexibility index (Phi) is 3.87. The topological polar surface area (TPSA) is 75.7 Å². The van der Waals surface area contributed by atoms with Crippen LogP contribution < -0.4 is 5.32 Å². The monoisotopic (exact) mass is 366 g/mol. The minimum Gasteiger partial charge on any atom is -0.363 e. The van der Waals surface area contributed by atoms with Crippen molar-refractivity contribution in [2.75, 3.05) is 26.2 Å². The molecule has 0 bridgehead atoms. The maximum absolute atomic E-state index is 12.9. The molecule has 0 atom stereocenters. The molecule has 0 aliphatic carbocycles. The zero-order chi connectivity index (χ0) is 16.8. The van der Waals surface area contributed by atoms with Crippen LogP contribution in [-0.2, 0) is 19.6 Å². The molecule has 24 heavy (non-hydrogen) atoms. The number of carbonyl (C=O) groups is 1. The number of hydrogen-bond donors (Lipinski definition) is 1. The van der Waals surface area contributed by atoms with E-state index in [9.17, 15) is 13.2 Å². The maximum Gasteiger partial charge on any atom is 0.252 e. The minimum atomic E-state index is -3.48. The Bertz CT molecular complexity index is 837. The van der Waals surface area contributed by atoms with Crippen molar-refractivity contribution in [3.63, 3.8) is 0 Å². The predicted octanol–water partition coefficient (Wildman–Crippen LogP) is 1.57. The summed E-state index contributed by atoms with van der Waals surface area (Å²) in [6, 6.07) is 9.42. The number of benzene rings is 1. The third-order valence-corrected chi connectivity index (χ3v) is 8.21. The second-order valence-electron chi connectivity index (χ2n) is 6.26. The molecule has 0 saturated carbocycles. The number of ether oxygens (including phenoxy) is 1. The normalized spacial score (nSPS) is 21.9. The van der Waals surface area contributed by atoms with Gasteiger partial charge in [0, 0.05) is 24.3 Å². The highest BCUT2D eigenvalue weighted by molar-refractivity contribution is 7.91. The van der Waals surface area contributed by atoms with Crippen molar-refractivity contribution < 1.29 is 17.9 Å². The Labute approximate surface area is 144 Å². The average Bonchev–Trinajstić information content (AvgIpc) is 3.03. The minimum absolute atomic E-state index is 0.0586. The summed E-state index contributed by atoms with van der Waals surface area (Å²) in [5.74, 6) is -0.110. The summed E-state index contributed by atoms with van der Waals surface area (Å²) in [4.78, 5) is 11.2. The number of nitrogens with zero attached hydrogens (tertiary/aromatic N) is 1. The van der Waals surface area contributed by atoms with Crippen LogP contribution in [0.5, 0.6) is 0 Å². The van der Waals surface area contributed by atoms with Gasteiger partial charge >= 0.3 is 0 Å². The van der Waals surface area contributed by atoms with Gasteiger partial charge in [0.05, 0.1) is 5.60 Å². The fourth-order valence-electron chi connectivity index (χ4n) is 3.25. The first-order chi connectivity index (χ1) is 11.5. The first-order valence-electron chi connectivity index (χ1n) is 7.88. The van der Waals surface area contributed by atoms with E-state index in [1.807, 2.05) is 24.3 Å². The van der Waals surface area contributed by atoms with Crippen LogP contribution in [0.2, 0.25) is 0 Å². The molecule has 0 unspecified atom stereocenters. The van der Waals surface area contributed by atoms with E-state index in [2.05, 4.69) is 5.32 Å². The lowest BCUT2D eigenvalue weighted by Gasteiger charge is -2.42. The van der Waals surface area contributed by atoms with Crippen molar-refractivity contribution in [3.8, 4) is 0 Å². The van der Waals surface area contributed by atoms with Crippen LogP contribution in [-0.4, -0.2) is 50.5 Å². The van der Waals surface area contributed by atoms with Gasteiger partial charge in [0.2, 0.25) is 5.91 Å². The summed E-state index contributed by atoms with van der Waals surface area (Å²) in [5, 5.41) is 3.77. The van der Waals surface area contributed by atoms with Crippen LogP contribution in [0.1, 0.15) is 12.8 Å². The first kappa shape index (κ1) is 16.0. The molecule has 2 saturated heterocycles. The summed E-state index contributed by atoms with van der Waals surface area (Å²) in [5.41, 5.74) is -0.417. The van der Waals surface area contributed by atoms with Gasteiger partial charge < -0.3 is 10.1 Å². The zero-order valence-corrected chi connectivity index (χ0v) is 14.7. The van der Waals surface area contributed by atoms with Crippen LogP contribution in [0.25, 0.3) is 10.1 Å². The van der Waals surface area contributed by atoms with Crippen LogP contribution in [0.15, 0.2) is 34.5 Å². The summed E-state index contributed by atoms with van der Waals surface area (Å²) >= 11 is 1.31. The van der Waals surface area contributed by atoms with E-state index < -0.39 is 15.6 Å². The Morgan fingerprint density at radius 1 is 1.21 bits per heavy atom. The van der Waals surface area contributed by atoms with Gasteiger partial charge in [0.15, 0.2) is 0 Å². The van der Waals surface area contributed by atoms with Crippen molar-refractivity contribution in [1.82, 2.24) is 9.62 Å². The molecule has 2 fully saturated rings. The molecular weight excluding hydrogens is 348 g/mol. The Morgan fingerprint density at radius 2 is 1.96 bits per heavy atom. The number of thiophene rings is 1. The SMILES string of the molecule is O=C1COC2(CCN(S(=O)(=O)c3cc4ccccc4s3)CC2)CN1. The van der Waals surface area contributed by atoms with E-state index in [1.165, 1.54) is 15.6 Å². The van der Waals surface area contributed by atoms with E-state index in [-0.39, 0.29) is 12.5 Å². The van der Waals surface area contributed by atoms with Gasteiger partial charge in [0.25, 0.3) is 10.0 Å². The highest BCUT2D eigenvalue weighted by atomic mass is 32.2. The Hall–Kier alpha value is -1.48. The number of nitrogens with one attached hydrogen (secondary N) is 1. The number of morpholine rings is 1. The Balaban J connectivity index is 1.53. The molecule has 3 heterocycles. The van der Waals surface area contributed by atoms with Crippen molar-refractivity contribution in [2.45, 2.75) is 22.7 Å². The van der Waals surface area contributed by atoms with Crippen LogP contribution in [0.3, 0.4) is 0 Å². The predicted molar refractivity (Wildman–Crippen MR) is 91.5 cm³/mol. The second-order valence-corrected chi connectivity index (χ2v) is 9.50.